The van der Waals surface area contributed by atoms with Crippen molar-refractivity contribution in [1.82, 2.24) is 25.0 Å². The molecule has 6 heteroatoms. The fourth-order valence-electron chi connectivity index (χ4n) is 2.74. The summed E-state index contributed by atoms with van der Waals surface area (Å²) in [6.45, 7) is 2.55. The minimum Gasteiger partial charge on any atom is -0.379 e. The molecule has 4 rings (SSSR count). The molecular formula is C17H16N6. The summed E-state index contributed by atoms with van der Waals surface area (Å²) < 4.78 is 1.76. The van der Waals surface area contributed by atoms with E-state index in [1.54, 1.807) is 4.68 Å². The van der Waals surface area contributed by atoms with Crippen LogP contribution >= 0.6 is 0 Å². The molecule has 0 amide bonds. The maximum absolute atomic E-state index is 4.58. The second-order valence-corrected chi connectivity index (χ2v) is 5.50. The topological polar surface area (TPSA) is 68.5 Å². The first-order valence-electron chi connectivity index (χ1n) is 7.46. The smallest absolute Gasteiger partial charge is 0.126 e. The third-order valence-corrected chi connectivity index (χ3v) is 3.86. The highest BCUT2D eigenvalue weighted by atomic mass is 15.4. The Kier molecular flexibility index (Phi) is 3.15. The van der Waals surface area contributed by atoms with Crippen LogP contribution in [0.15, 0.2) is 42.5 Å². The van der Waals surface area contributed by atoms with Gasteiger partial charge in [0.1, 0.15) is 11.3 Å². The van der Waals surface area contributed by atoms with Crippen LogP contribution in [0.3, 0.4) is 0 Å². The molecule has 0 bridgehead atoms. The van der Waals surface area contributed by atoms with E-state index in [0.29, 0.717) is 6.54 Å². The molecule has 0 aliphatic heterocycles. The summed E-state index contributed by atoms with van der Waals surface area (Å²) in [5, 5.41) is 12.7. The molecule has 23 heavy (non-hydrogen) atoms. The monoisotopic (exact) mass is 304 g/mol. The van der Waals surface area contributed by atoms with Crippen LogP contribution in [0.2, 0.25) is 0 Å². The molecule has 114 valence electrons. The molecule has 0 atom stereocenters. The third-order valence-electron chi connectivity index (χ3n) is 3.86. The number of fused-ring (bicyclic) bond motifs is 2. The minimum atomic E-state index is 0.635. The van der Waals surface area contributed by atoms with Crippen molar-refractivity contribution in [3.05, 3.63) is 54.0 Å². The number of para-hydroxylation sites is 1. The molecule has 0 unspecified atom stereocenters. The van der Waals surface area contributed by atoms with E-state index in [-0.39, 0.29) is 0 Å². The Morgan fingerprint density at radius 3 is 2.83 bits per heavy atom. The number of hydrogen-bond donors (Lipinski definition) is 1. The lowest BCUT2D eigenvalue weighted by Gasteiger charge is -2.09. The molecule has 0 spiro atoms. The number of nitrogens with one attached hydrogen (secondary N) is 1. The van der Waals surface area contributed by atoms with E-state index in [0.717, 1.165) is 39.1 Å². The van der Waals surface area contributed by atoms with E-state index < -0.39 is 0 Å². The Hall–Kier alpha value is -3.02. The Bertz CT molecular complexity index is 1000. The number of rotatable bonds is 3. The van der Waals surface area contributed by atoms with Crippen molar-refractivity contribution in [2.45, 2.75) is 13.5 Å². The van der Waals surface area contributed by atoms with Crippen LogP contribution in [0.25, 0.3) is 21.9 Å². The van der Waals surface area contributed by atoms with Crippen molar-refractivity contribution < 1.29 is 0 Å². The SMILES string of the molecule is Cc1nc(CNc2ccc3c(c2)nnn3C)c2ccccc2n1. The highest BCUT2D eigenvalue weighted by molar-refractivity contribution is 5.81. The van der Waals surface area contributed by atoms with Crippen LogP contribution < -0.4 is 5.32 Å². The molecule has 2 aromatic heterocycles. The van der Waals surface area contributed by atoms with Gasteiger partial charge in [-0.25, -0.2) is 14.6 Å². The van der Waals surface area contributed by atoms with Gasteiger partial charge in [-0.3, -0.25) is 0 Å². The van der Waals surface area contributed by atoms with E-state index in [1.807, 2.05) is 50.4 Å². The summed E-state index contributed by atoms with van der Waals surface area (Å²) >= 11 is 0. The highest BCUT2D eigenvalue weighted by Gasteiger charge is 2.06. The van der Waals surface area contributed by atoms with E-state index >= 15 is 0 Å². The zero-order valence-corrected chi connectivity index (χ0v) is 13.0. The van der Waals surface area contributed by atoms with Crippen molar-refractivity contribution in [2.24, 2.45) is 7.05 Å². The van der Waals surface area contributed by atoms with Crippen LogP contribution in [0.5, 0.6) is 0 Å². The van der Waals surface area contributed by atoms with Gasteiger partial charge in [-0.05, 0) is 31.2 Å². The van der Waals surface area contributed by atoms with Gasteiger partial charge in [0.25, 0.3) is 0 Å². The van der Waals surface area contributed by atoms with Crippen LogP contribution in [0.4, 0.5) is 5.69 Å². The van der Waals surface area contributed by atoms with Gasteiger partial charge < -0.3 is 5.32 Å². The molecule has 2 aromatic carbocycles. The lowest BCUT2D eigenvalue weighted by molar-refractivity contribution is 0.736. The van der Waals surface area contributed by atoms with Gasteiger partial charge in [-0.15, -0.1) is 5.10 Å². The normalized spacial score (nSPS) is 11.2. The molecule has 4 aromatic rings. The van der Waals surface area contributed by atoms with E-state index in [9.17, 15) is 0 Å². The number of aromatic nitrogens is 5. The number of nitrogens with zero attached hydrogens (tertiary/aromatic N) is 5. The van der Waals surface area contributed by atoms with Gasteiger partial charge in [0.05, 0.1) is 23.3 Å². The molecule has 6 nitrogen and oxygen atoms in total. The highest BCUT2D eigenvalue weighted by Crippen LogP contribution is 2.19. The maximum atomic E-state index is 4.58. The fourth-order valence-corrected chi connectivity index (χ4v) is 2.74. The molecule has 1 N–H and O–H groups in total. The first-order valence-corrected chi connectivity index (χ1v) is 7.46. The molecule has 0 saturated carbocycles. The fraction of sp³-hybridized carbons (Fsp3) is 0.176. The van der Waals surface area contributed by atoms with Crippen molar-refractivity contribution in [1.29, 1.82) is 0 Å². The van der Waals surface area contributed by atoms with Gasteiger partial charge in [-0.1, -0.05) is 23.4 Å². The first kappa shape index (κ1) is 13.6. The molecular weight excluding hydrogens is 288 g/mol. The average Bonchev–Trinajstić information content (AvgIpc) is 2.93. The Balaban J connectivity index is 1.65. The van der Waals surface area contributed by atoms with Gasteiger partial charge >= 0.3 is 0 Å². The summed E-state index contributed by atoms with van der Waals surface area (Å²) in [7, 11) is 1.89. The number of aryl methyl sites for hydroxylation is 2. The predicted octanol–water partition coefficient (Wildman–Crippen LogP) is 2.83. The lowest BCUT2D eigenvalue weighted by atomic mass is 10.2. The zero-order chi connectivity index (χ0) is 15.8. The molecule has 0 aliphatic carbocycles. The van der Waals surface area contributed by atoms with Crippen LogP contribution in [-0.4, -0.2) is 25.0 Å². The Labute approximate surface area is 133 Å². The Morgan fingerprint density at radius 1 is 1.04 bits per heavy atom. The van der Waals surface area contributed by atoms with Gasteiger partial charge in [0.15, 0.2) is 0 Å². The maximum Gasteiger partial charge on any atom is 0.126 e. The second kappa shape index (κ2) is 5.31. The van der Waals surface area contributed by atoms with Gasteiger partial charge in [-0.2, -0.15) is 0 Å². The third kappa shape index (κ3) is 2.48. The Morgan fingerprint density at radius 2 is 1.91 bits per heavy atom. The molecule has 0 saturated heterocycles. The largest absolute Gasteiger partial charge is 0.379 e. The van der Waals surface area contributed by atoms with Crippen molar-refractivity contribution in [2.75, 3.05) is 5.32 Å². The number of hydrogen-bond acceptors (Lipinski definition) is 5. The lowest BCUT2D eigenvalue weighted by Crippen LogP contribution is -2.05. The van der Waals surface area contributed by atoms with Crippen LogP contribution in [0, 0.1) is 6.92 Å². The average molecular weight is 304 g/mol. The van der Waals surface area contributed by atoms with E-state index in [1.165, 1.54) is 0 Å². The van der Waals surface area contributed by atoms with Crippen LogP contribution in [-0.2, 0) is 13.6 Å². The van der Waals surface area contributed by atoms with E-state index in [2.05, 4.69) is 31.7 Å². The first-order chi connectivity index (χ1) is 11.2. The zero-order valence-electron chi connectivity index (χ0n) is 13.0. The molecule has 0 radical (unpaired) electrons. The van der Waals surface area contributed by atoms with Crippen LogP contribution in [0.1, 0.15) is 11.5 Å². The van der Waals surface area contributed by atoms with Gasteiger partial charge in [0.2, 0.25) is 0 Å². The molecule has 0 fully saturated rings. The summed E-state index contributed by atoms with van der Waals surface area (Å²) in [4.78, 5) is 9.05. The number of benzene rings is 2. The van der Waals surface area contributed by atoms with Crippen molar-refractivity contribution >= 4 is 27.6 Å². The quantitative estimate of drug-likeness (QED) is 0.630. The van der Waals surface area contributed by atoms with Gasteiger partial charge in [0, 0.05) is 18.1 Å². The summed E-state index contributed by atoms with van der Waals surface area (Å²) in [5.41, 5.74) is 4.85. The minimum absolute atomic E-state index is 0.635. The van der Waals surface area contributed by atoms with E-state index in [4.69, 9.17) is 0 Å². The second-order valence-electron chi connectivity index (χ2n) is 5.50. The predicted molar refractivity (Wildman–Crippen MR) is 90.1 cm³/mol. The summed E-state index contributed by atoms with van der Waals surface area (Å²) in [6, 6.07) is 14.1. The molecule has 2 heterocycles. The van der Waals surface area contributed by atoms with Crippen molar-refractivity contribution in [3.63, 3.8) is 0 Å². The molecule has 0 aliphatic rings. The van der Waals surface area contributed by atoms with Crippen molar-refractivity contribution in [3.8, 4) is 0 Å². The standard InChI is InChI=1S/C17H16N6/c1-11-19-14-6-4-3-5-13(14)16(20-11)10-18-12-7-8-17-15(9-12)21-22-23(17)2/h3-9,18H,10H2,1-2H3. The number of anilines is 1. The summed E-state index contributed by atoms with van der Waals surface area (Å²) in [6.07, 6.45) is 0. The summed E-state index contributed by atoms with van der Waals surface area (Å²) in [5.74, 6) is 0.782.